The summed E-state index contributed by atoms with van der Waals surface area (Å²) in [5.74, 6) is -2.12. The number of amides is 3. The second-order valence-corrected chi connectivity index (χ2v) is 8.27. The van der Waals surface area contributed by atoms with Crippen LogP contribution in [0, 0.1) is 13.8 Å². The van der Waals surface area contributed by atoms with Gasteiger partial charge in [-0.15, -0.1) is 0 Å². The van der Waals surface area contributed by atoms with E-state index in [1.54, 1.807) is 6.92 Å². The summed E-state index contributed by atoms with van der Waals surface area (Å²) in [7, 11) is 0. The first kappa shape index (κ1) is 22.9. The monoisotopic (exact) mass is 456 g/mol. The van der Waals surface area contributed by atoms with Gasteiger partial charge in [-0.25, -0.2) is 4.79 Å². The maximum atomic E-state index is 13.0. The molecule has 0 aliphatic carbocycles. The van der Waals surface area contributed by atoms with E-state index in [1.165, 1.54) is 23.1 Å². The molecule has 1 heterocycles. The second-order valence-electron chi connectivity index (χ2n) is 8.27. The number of benzene rings is 3. The molecule has 0 bridgehead atoms. The zero-order valence-corrected chi connectivity index (χ0v) is 19.1. The summed E-state index contributed by atoms with van der Waals surface area (Å²) in [6.07, 6.45) is 0. The maximum absolute atomic E-state index is 13.0. The van der Waals surface area contributed by atoms with Gasteiger partial charge in [-0.05, 0) is 61.7 Å². The number of imide groups is 1. The van der Waals surface area contributed by atoms with E-state index in [4.69, 9.17) is 4.74 Å². The molecule has 0 fully saturated rings. The van der Waals surface area contributed by atoms with Crippen LogP contribution in [0.1, 0.15) is 60.7 Å². The number of fused-ring (bicyclic) bond motifs is 1. The summed E-state index contributed by atoms with van der Waals surface area (Å²) in [5, 5.41) is 2.72. The van der Waals surface area contributed by atoms with Gasteiger partial charge in [0.25, 0.3) is 17.7 Å². The molecule has 1 aliphatic rings. The van der Waals surface area contributed by atoms with Gasteiger partial charge in [0.1, 0.15) is 0 Å². The van der Waals surface area contributed by atoms with Crippen molar-refractivity contribution in [1.82, 2.24) is 4.90 Å². The summed E-state index contributed by atoms with van der Waals surface area (Å²) >= 11 is 0. The van der Waals surface area contributed by atoms with E-state index < -0.39 is 36.3 Å². The van der Waals surface area contributed by atoms with Crippen molar-refractivity contribution in [1.29, 1.82) is 0 Å². The molecule has 3 amide bonds. The van der Waals surface area contributed by atoms with Crippen molar-refractivity contribution in [3.8, 4) is 0 Å². The van der Waals surface area contributed by atoms with Gasteiger partial charge in [0.2, 0.25) is 0 Å². The Hall–Kier alpha value is -4.26. The molecule has 0 saturated heterocycles. The van der Waals surface area contributed by atoms with Crippen LogP contribution in [0.25, 0.3) is 0 Å². The SMILES string of the molecule is Cc1ccc(C)c(NC(=O)COC(=O)c2ccc3c(c2)C(=O)N([C@H](C)c2ccccc2)C3=O)c1. The van der Waals surface area contributed by atoms with E-state index in [9.17, 15) is 19.2 Å². The van der Waals surface area contributed by atoms with Crippen LogP contribution in [0.3, 0.4) is 0 Å². The lowest BCUT2D eigenvalue weighted by atomic mass is 10.1. The molecule has 0 spiro atoms. The molecule has 3 aromatic rings. The number of rotatable bonds is 6. The van der Waals surface area contributed by atoms with Crippen LogP contribution in [0.4, 0.5) is 5.69 Å². The van der Waals surface area contributed by atoms with Crippen molar-refractivity contribution in [2.24, 2.45) is 0 Å². The molecule has 0 radical (unpaired) electrons. The normalized spacial score (nSPS) is 13.4. The number of carbonyl (C=O) groups is 4. The number of aryl methyl sites for hydroxylation is 2. The number of nitrogens with zero attached hydrogens (tertiary/aromatic N) is 1. The van der Waals surface area contributed by atoms with Crippen molar-refractivity contribution in [2.75, 3.05) is 11.9 Å². The number of hydrogen-bond donors (Lipinski definition) is 1. The summed E-state index contributed by atoms with van der Waals surface area (Å²) in [6, 6.07) is 18.7. The molecule has 1 N–H and O–H groups in total. The number of esters is 1. The van der Waals surface area contributed by atoms with E-state index in [0.717, 1.165) is 16.7 Å². The Morgan fingerprint density at radius 3 is 2.35 bits per heavy atom. The summed E-state index contributed by atoms with van der Waals surface area (Å²) in [4.78, 5) is 51.9. The van der Waals surface area contributed by atoms with Gasteiger partial charge >= 0.3 is 5.97 Å². The standard InChI is InChI=1S/C27H24N2O5/c1-16-9-10-17(2)23(13-16)28-24(30)15-34-27(33)20-11-12-21-22(14-20)26(32)29(25(21)31)18(3)19-7-5-4-6-8-19/h4-14,18H,15H2,1-3H3,(H,28,30)/t18-/m1/s1. The van der Waals surface area contributed by atoms with Crippen molar-refractivity contribution >= 4 is 29.4 Å². The summed E-state index contributed by atoms with van der Waals surface area (Å²) in [5.41, 5.74) is 3.82. The molecule has 3 aromatic carbocycles. The van der Waals surface area contributed by atoms with Gasteiger partial charge in [-0.1, -0.05) is 42.5 Å². The third-order valence-electron chi connectivity index (χ3n) is 5.82. The molecule has 34 heavy (non-hydrogen) atoms. The largest absolute Gasteiger partial charge is 0.452 e. The quantitative estimate of drug-likeness (QED) is 0.437. The molecule has 7 heteroatoms. The van der Waals surface area contributed by atoms with E-state index >= 15 is 0 Å². The van der Waals surface area contributed by atoms with Crippen molar-refractivity contribution in [2.45, 2.75) is 26.8 Å². The fourth-order valence-electron chi connectivity index (χ4n) is 3.89. The van der Waals surface area contributed by atoms with Crippen LogP contribution in [-0.4, -0.2) is 35.2 Å². The van der Waals surface area contributed by atoms with E-state index in [1.807, 2.05) is 62.4 Å². The molecule has 4 rings (SSSR count). The molecule has 1 aliphatic heterocycles. The van der Waals surface area contributed by atoms with Crippen LogP contribution in [-0.2, 0) is 9.53 Å². The van der Waals surface area contributed by atoms with E-state index in [-0.39, 0.29) is 16.7 Å². The van der Waals surface area contributed by atoms with Gasteiger partial charge in [0.15, 0.2) is 6.61 Å². The lowest BCUT2D eigenvalue weighted by Crippen LogP contribution is -2.32. The van der Waals surface area contributed by atoms with E-state index in [2.05, 4.69) is 5.32 Å². The molecule has 172 valence electrons. The molecule has 7 nitrogen and oxygen atoms in total. The van der Waals surface area contributed by atoms with Crippen molar-refractivity contribution in [3.05, 3.63) is 100 Å². The number of hydrogen-bond acceptors (Lipinski definition) is 5. The molecule has 0 unspecified atom stereocenters. The predicted octanol–water partition coefficient (Wildman–Crippen LogP) is 4.46. The molecular weight excluding hydrogens is 432 g/mol. The Kier molecular flexibility index (Phi) is 6.27. The van der Waals surface area contributed by atoms with E-state index in [0.29, 0.717) is 5.69 Å². The van der Waals surface area contributed by atoms with Crippen LogP contribution < -0.4 is 5.32 Å². The third kappa shape index (κ3) is 4.45. The van der Waals surface area contributed by atoms with Crippen LogP contribution in [0.5, 0.6) is 0 Å². The first-order chi connectivity index (χ1) is 16.3. The Balaban J connectivity index is 1.44. The van der Waals surface area contributed by atoms with Crippen molar-refractivity contribution in [3.63, 3.8) is 0 Å². The lowest BCUT2D eigenvalue weighted by molar-refractivity contribution is -0.119. The van der Waals surface area contributed by atoms with Gasteiger partial charge in [-0.2, -0.15) is 0 Å². The number of carbonyl (C=O) groups excluding carboxylic acids is 4. The highest BCUT2D eigenvalue weighted by Gasteiger charge is 2.39. The van der Waals surface area contributed by atoms with Gasteiger partial charge in [0, 0.05) is 5.69 Å². The summed E-state index contributed by atoms with van der Waals surface area (Å²) < 4.78 is 5.14. The van der Waals surface area contributed by atoms with Gasteiger partial charge in [0.05, 0.1) is 22.7 Å². The van der Waals surface area contributed by atoms with Gasteiger partial charge < -0.3 is 10.1 Å². The minimum absolute atomic E-state index is 0.0913. The fourth-order valence-corrected chi connectivity index (χ4v) is 3.89. The Bertz CT molecular complexity index is 1300. The molecular formula is C27H24N2O5. The fraction of sp³-hybridized carbons (Fsp3) is 0.185. The average Bonchev–Trinajstić information content (AvgIpc) is 3.09. The number of nitrogens with one attached hydrogen (secondary N) is 1. The topological polar surface area (TPSA) is 92.8 Å². The Morgan fingerprint density at radius 1 is 0.912 bits per heavy atom. The summed E-state index contributed by atoms with van der Waals surface area (Å²) in [6.45, 7) is 5.08. The highest BCUT2D eigenvalue weighted by Crippen LogP contribution is 2.31. The minimum Gasteiger partial charge on any atom is -0.452 e. The highest BCUT2D eigenvalue weighted by molar-refractivity contribution is 6.22. The number of ether oxygens (including phenoxy) is 1. The maximum Gasteiger partial charge on any atom is 0.338 e. The first-order valence-electron chi connectivity index (χ1n) is 10.9. The second kappa shape index (κ2) is 9.31. The van der Waals surface area contributed by atoms with Crippen LogP contribution >= 0.6 is 0 Å². The molecule has 0 saturated carbocycles. The predicted molar refractivity (Wildman–Crippen MR) is 127 cm³/mol. The zero-order valence-electron chi connectivity index (χ0n) is 19.1. The zero-order chi connectivity index (χ0) is 24.4. The van der Waals surface area contributed by atoms with Crippen LogP contribution in [0.15, 0.2) is 66.7 Å². The molecule has 0 aromatic heterocycles. The van der Waals surface area contributed by atoms with Gasteiger partial charge in [-0.3, -0.25) is 19.3 Å². The van der Waals surface area contributed by atoms with Crippen molar-refractivity contribution < 1.29 is 23.9 Å². The lowest BCUT2D eigenvalue weighted by Gasteiger charge is -2.22. The van der Waals surface area contributed by atoms with Crippen LogP contribution in [0.2, 0.25) is 0 Å². The molecule has 1 atom stereocenters. The Labute approximate surface area is 197 Å². The average molecular weight is 456 g/mol. The Morgan fingerprint density at radius 2 is 1.62 bits per heavy atom. The third-order valence-corrected chi connectivity index (χ3v) is 5.82. The highest BCUT2D eigenvalue weighted by atomic mass is 16.5. The minimum atomic E-state index is -0.756. The number of anilines is 1. The first-order valence-corrected chi connectivity index (χ1v) is 10.9. The smallest absolute Gasteiger partial charge is 0.338 e.